The maximum absolute atomic E-state index is 10.1. The highest BCUT2D eigenvalue weighted by molar-refractivity contribution is 5.50. The number of morpholine rings is 1. The van der Waals surface area contributed by atoms with Gasteiger partial charge < -0.3 is 9.47 Å². The van der Waals surface area contributed by atoms with Gasteiger partial charge in [0.1, 0.15) is 11.3 Å². The highest BCUT2D eigenvalue weighted by Crippen LogP contribution is 2.44. The minimum atomic E-state index is -0.583. The van der Waals surface area contributed by atoms with E-state index in [2.05, 4.69) is 43.0 Å². The third-order valence-corrected chi connectivity index (χ3v) is 4.78. The fourth-order valence-electron chi connectivity index (χ4n) is 3.59. The Morgan fingerprint density at radius 2 is 2.00 bits per heavy atom. The van der Waals surface area contributed by atoms with Gasteiger partial charge in [-0.1, -0.05) is 32.0 Å². The SMILES string of the molecule is CC(C)c1cccc2c1OCCCC2(C#N)N1CCOCC1. The van der Waals surface area contributed by atoms with Gasteiger partial charge in [-0.2, -0.15) is 5.26 Å². The molecule has 1 aromatic carbocycles. The lowest BCUT2D eigenvalue weighted by Crippen LogP contribution is -2.50. The van der Waals surface area contributed by atoms with Crippen molar-refractivity contribution in [3.05, 3.63) is 29.3 Å². The van der Waals surface area contributed by atoms with Crippen molar-refractivity contribution in [3.8, 4) is 11.8 Å². The monoisotopic (exact) mass is 300 g/mol. The first-order valence-corrected chi connectivity index (χ1v) is 8.19. The first-order chi connectivity index (χ1) is 10.7. The molecule has 2 heterocycles. The molecule has 1 saturated heterocycles. The van der Waals surface area contributed by atoms with Gasteiger partial charge in [0.15, 0.2) is 0 Å². The number of hydrogen-bond donors (Lipinski definition) is 0. The molecule has 0 bridgehead atoms. The zero-order chi connectivity index (χ0) is 15.6. The second-order valence-corrected chi connectivity index (χ2v) is 6.40. The molecule has 1 aromatic rings. The Morgan fingerprint density at radius 3 is 2.68 bits per heavy atom. The number of para-hydroxylation sites is 1. The summed E-state index contributed by atoms with van der Waals surface area (Å²) in [5.41, 5.74) is 1.66. The van der Waals surface area contributed by atoms with Crippen molar-refractivity contribution in [1.29, 1.82) is 5.26 Å². The van der Waals surface area contributed by atoms with Gasteiger partial charge in [-0.3, -0.25) is 4.90 Å². The van der Waals surface area contributed by atoms with Gasteiger partial charge in [0.05, 0.1) is 25.9 Å². The number of fused-ring (bicyclic) bond motifs is 1. The van der Waals surface area contributed by atoms with Crippen molar-refractivity contribution >= 4 is 0 Å². The summed E-state index contributed by atoms with van der Waals surface area (Å²) >= 11 is 0. The number of nitrogens with zero attached hydrogens (tertiary/aromatic N) is 2. The van der Waals surface area contributed by atoms with Crippen LogP contribution in [0.4, 0.5) is 0 Å². The van der Waals surface area contributed by atoms with E-state index in [1.54, 1.807) is 0 Å². The Hall–Kier alpha value is -1.57. The summed E-state index contributed by atoms with van der Waals surface area (Å²) in [7, 11) is 0. The van der Waals surface area contributed by atoms with Crippen LogP contribution in [0.5, 0.6) is 5.75 Å². The van der Waals surface area contributed by atoms with E-state index in [-0.39, 0.29) is 0 Å². The van der Waals surface area contributed by atoms with Crippen molar-refractivity contribution in [1.82, 2.24) is 4.90 Å². The molecule has 2 aliphatic heterocycles. The Bertz CT molecular complexity index is 573. The summed E-state index contributed by atoms with van der Waals surface area (Å²) in [6.45, 7) is 8.04. The predicted octanol–water partition coefficient (Wildman–Crippen LogP) is 3.03. The highest BCUT2D eigenvalue weighted by atomic mass is 16.5. The normalized spacial score (nSPS) is 25.9. The molecule has 0 N–H and O–H groups in total. The molecule has 0 saturated carbocycles. The van der Waals surface area contributed by atoms with Crippen molar-refractivity contribution in [2.45, 2.75) is 38.1 Å². The standard InChI is InChI=1S/C18H24N2O2/c1-14(2)15-5-3-6-16-17(15)22-10-4-7-18(16,13-19)20-8-11-21-12-9-20/h3,5-6,14H,4,7-12H2,1-2H3. The molecule has 0 radical (unpaired) electrons. The Kier molecular flexibility index (Phi) is 4.37. The number of nitriles is 1. The molecule has 0 aliphatic carbocycles. The molecule has 0 aromatic heterocycles. The quantitative estimate of drug-likeness (QED) is 0.842. The van der Waals surface area contributed by atoms with Crippen LogP contribution in [0, 0.1) is 11.3 Å². The van der Waals surface area contributed by atoms with E-state index in [0.717, 1.165) is 37.2 Å². The molecule has 1 unspecified atom stereocenters. The molecule has 118 valence electrons. The molecule has 0 spiro atoms. The Labute approximate surface area is 132 Å². The van der Waals surface area contributed by atoms with E-state index in [9.17, 15) is 5.26 Å². The Morgan fingerprint density at radius 1 is 1.23 bits per heavy atom. The molecule has 2 aliphatic rings. The average Bonchev–Trinajstić information content (AvgIpc) is 2.75. The van der Waals surface area contributed by atoms with Crippen LogP contribution in [0.15, 0.2) is 18.2 Å². The van der Waals surface area contributed by atoms with Crippen LogP contribution in [0.25, 0.3) is 0 Å². The number of benzene rings is 1. The third kappa shape index (κ3) is 2.49. The van der Waals surface area contributed by atoms with Gasteiger partial charge in [-0.05, 0) is 24.3 Å². The van der Waals surface area contributed by atoms with E-state index < -0.39 is 5.54 Å². The van der Waals surface area contributed by atoms with Crippen LogP contribution in [0.2, 0.25) is 0 Å². The average molecular weight is 300 g/mol. The zero-order valence-corrected chi connectivity index (χ0v) is 13.5. The van der Waals surface area contributed by atoms with Gasteiger partial charge in [-0.15, -0.1) is 0 Å². The molecule has 4 heteroatoms. The Balaban J connectivity index is 2.13. The van der Waals surface area contributed by atoms with Crippen LogP contribution >= 0.6 is 0 Å². The summed E-state index contributed by atoms with van der Waals surface area (Å²) in [5, 5.41) is 10.1. The molecule has 22 heavy (non-hydrogen) atoms. The minimum absolute atomic E-state index is 0.383. The topological polar surface area (TPSA) is 45.5 Å². The second-order valence-electron chi connectivity index (χ2n) is 6.40. The first-order valence-electron chi connectivity index (χ1n) is 8.19. The van der Waals surface area contributed by atoms with E-state index in [4.69, 9.17) is 9.47 Å². The van der Waals surface area contributed by atoms with Gasteiger partial charge in [-0.25, -0.2) is 0 Å². The lowest BCUT2D eigenvalue weighted by Gasteiger charge is -2.41. The van der Waals surface area contributed by atoms with E-state index in [0.29, 0.717) is 25.7 Å². The lowest BCUT2D eigenvalue weighted by molar-refractivity contribution is -0.00764. The molecule has 3 rings (SSSR count). The zero-order valence-electron chi connectivity index (χ0n) is 13.5. The van der Waals surface area contributed by atoms with Crippen LogP contribution in [0.1, 0.15) is 43.7 Å². The lowest BCUT2D eigenvalue weighted by atomic mass is 9.82. The fourth-order valence-corrected chi connectivity index (χ4v) is 3.59. The number of rotatable bonds is 2. The summed E-state index contributed by atoms with van der Waals surface area (Å²) in [5.74, 6) is 1.32. The van der Waals surface area contributed by atoms with Crippen LogP contribution in [0.3, 0.4) is 0 Å². The van der Waals surface area contributed by atoms with Gasteiger partial charge >= 0.3 is 0 Å². The molecule has 1 atom stereocenters. The van der Waals surface area contributed by atoms with Crippen molar-refractivity contribution in [2.75, 3.05) is 32.9 Å². The highest BCUT2D eigenvalue weighted by Gasteiger charge is 2.43. The number of ether oxygens (including phenoxy) is 2. The fraction of sp³-hybridized carbons (Fsp3) is 0.611. The molecular weight excluding hydrogens is 276 g/mol. The smallest absolute Gasteiger partial charge is 0.138 e. The van der Waals surface area contributed by atoms with Crippen molar-refractivity contribution < 1.29 is 9.47 Å². The van der Waals surface area contributed by atoms with Crippen molar-refractivity contribution in [3.63, 3.8) is 0 Å². The molecule has 0 amide bonds. The van der Waals surface area contributed by atoms with Gasteiger partial charge in [0.2, 0.25) is 0 Å². The maximum Gasteiger partial charge on any atom is 0.138 e. The summed E-state index contributed by atoms with van der Waals surface area (Å²) in [6.07, 6.45) is 1.72. The van der Waals surface area contributed by atoms with Crippen LogP contribution in [-0.2, 0) is 10.3 Å². The summed E-state index contributed by atoms with van der Waals surface area (Å²) < 4.78 is 11.6. The largest absolute Gasteiger partial charge is 0.493 e. The van der Waals surface area contributed by atoms with E-state index in [1.165, 1.54) is 5.56 Å². The van der Waals surface area contributed by atoms with E-state index >= 15 is 0 Å². The molecule has 4 nitrogen and oxygen atoms in total. The van der Waals surface area contributed by atoms with Gasteiger partial charge in [0, 0.05) is 18.7 Å². The van der Waals surface area contributed by atoms with Crippen molar-refractivity contribution in [2.24, 2.45) is 0 Å². The van der Waals surface area contributed by atoms with E-state index in [1.807, 2.05) is 0 Å². The number of hydrogen-bond acceptors (Lipinski definition) is 4. The van der Waals surface area contributed by atoms with Crippen LogP contribution in [-0.4, -0.2) is 37.8 Å². The predicted molar refractivity (Wildman–Crippen MR) is 84.9 cm³/mol. The molecule has 1 fully saturated rings. The second kappa shape index (κ2) is 6.28. The van der Waals surface area contributed by atoms with Crippen LogP contribution < -0.4 is 4.74 Å². The maximum atomic E-state index is 10.1. The summed E-state index contributed by atoms with van der Waals surface area (Å²) in [6, 6.07) is 8.90. The van der Waals surface area contributed by atoms with Gasteiger partial charge in [0.25, 0.3) is 0 Å². The summed E-state index contributed by atoms with van der Waals surface area (Å²) in [4.78, 5) is 2.29. The first kappa shape index (κ1) is 15.3. The third-order valence-electron chi connectivity index (χ3n) is 4.78. The minimum Gasteiger partial charge on any atom is -0.493 e. The molecular formula is C18H24N2O2.